The third-order valence-corrected chi connectivity index (χ3v) is 14.1. The Morgan fingerprint density at radius 1 is 0.943 bits per heavy atom. The van der Waals surface area contributed by atoms with Crippen molar-refractivity contribution in [2.75, 3.05) is 13.1 Å². The SMILES string of the molecule is CCCC1CCC(C2CC=C(c3cnc(-c4ccc(CC(NC(=O)c5ccc(C(C)(C)CC)s5)C(=O)N5CC(C(=O)O)C5)cc4)nc3)CC2)CCC1C. The number of carbonyl (C=O) groups is 3. The van der Waals surface area contributed by atoms with E-state index in [1.807, 2.05) is 48.8 Å². The number of nitrogens with zero attached hydrogens (tertiary/aromatic N) is 3. The Kier molecular flexibility index (Phi) is 12.5. The molecule has 0 radical (unpaired) electrons. The van der Waals surface area contributed by atoms with Crippen LogP contribution in [0.4, 0.5) is 0 Å². The molecule has 5 unspecified atom stereocenters. The number of hydrogen-bond acceptors (Lipinski definition) is 6. The van der Waals surface area contributed by atoms with E-state index in [1.165, 1.54) is 66.8 Å². The molecule has 5 atom stereocenters. The van der Waals surface area contributed by atoms with E-state index in [0.29, 0.717) is 10.7 Å². The van der Waals surface area contributed by atoms with Gasteiger partial charge in [-0.25, -0.2) is 9.97 Å². The van der Waals surface area contributed by atoms with Crippen molar-refractivity contribution in [3.05, 3.63) is 75.7 Å². The van der Waals surface area contributed by atoms with Gasteiger partial charge in [-0.05, 0) is 97.3 Å². The van der Waals surface area contributed by atoms with Gasteiger partial charge in [-0.15, -0.1) is 11.3 Å². The molecule has 1 aliphatic heterocycles. The van der Waals surface area contributed by atoms with Crippen LogP contribution < -0.4 is 5.32 Å². The Balaban J connectivity index is 1.08. The van der Waals surface area contributed by atoms with Gasteiger partial charge in [0.2, 0.25) is 5.91 Å². The topological polar surface area (TPSA) is 112 Å². The average molecular weight is 739 g/mol. The van der Waals surface area contributed by atoms with Crippen molar-refractivity contribution >= 4 is 34.7 Å². The maximum atomic E-state index is 13.6. The van der Waals surface area contributed by atoms with E-state index < -0.39 is 17.9 Å². The number of likely N-dealkylation sites (tertiary alicyclic amines) is 1. The molecule has 9 heteroatoms. The molecule has 1 saturated carbocycles. The normalized spacial score (nSPS) is 23.0. The number of hydrogen-bond donors (Lipinski definition) is 2. The summed E-state index contributed by atoms with van der Waals surface area (Å²) in [7, 11) is 0. The molecule has 1 saturated heterocycles. The van der Waals surface area contributed by atoms with Gasteiger partial charge in [0, 0.05) is 47.9 Å². The van der Waals surface area contributed by atoms with E-state index in [0.717, 1.165) is 64.5 Å². The zero-order valence-electron chi connectivity index (χ0n) is 32.3. The molecule has 6 rings (SSSR count). The number of amides is 2. The highest BCUT2D eigenvalue weighted by atomic mass is 32.1. The third-order valence-electron chi connectivity index (χ3n) is 12.7. The smallest absolute Gasteiger partial charge is 0.310 e. The van der Waals surface area contributed by atoms with Crippen molar-refractivity contribution in [3.8, 4) is 11.4 Å². The molecule has 3 heterocycles. The highest BCUT2D eigenvalue weighted by Gasteiger charge is 2.39. The lowest BCUT2D eigenvalue weighted by Crippen LogP contribution is -2.59. The first-order valence-corrected chi connectivity index (χ1v) is 20.8. The predicted octanol–water partition coefficient (Wildman–Crippen LogP) is 9.20. The number of nitrogens with one attached hydrogen (secondary N) is 1. The van der Waals surface area contributed by atoms with E-state index in [9.17, 15) is 19.5 Å². The number of carboxylic acid groups (broad SMARTS) is 1. The summed E-state index contributed by atoms with van der Waals surface area (Å²) in [6.07, 6.45) is 19.3. The van der Waals surface area contributed by atoms with E-state index in [-0.39, 0.29) is 36.7 Å². The summed E-state index contributed by atoms with van der Waals surface area (Å²) < 4.78 is 0. The maximum Gasteiger partial charge on any atom is 0.310 e. The van der Waals surface area contributed by atoms with Crippen LogP contribution >= 0.6 is 11.3 Å². The van der Waals surface area contributed by atoms with Crippen molar-refractivity contribution in [3.63, 3.8) is 0 Å². The van der Waals surface area contributed by atoms with Crippen LogP contribution in [0.5, 0.6) is 0 Å². The van der Waals surface area contributed by atoms with Crippen LogP contribution in [-0.4, -0.2) is 56.9 Å². The van der Waals surface area contributed by atoms with Crippen LogP contribution in [0.15, 0.2) is 54.9 Å². The third kappa shape index (κ3) is 9.28. The Bertz CT molecular complexity index is 1760. The Morgan fingerprint density at radius 3 is 2.30 bits per heavy atom. The second-order valence-corrected chi connectivity index (χ2v) is 17.7. The molecule has 3 aromatic rings. The summed E-state index contributed by atoms with van der Waals surface area (Å²) >= 11 is 1.45. The molecule has 1 aromatic carbocycles. The lowest BCUT2D eigenvalue weighted by molar-refractivity contribution is -0.153. The molecule has 0 bridgehead atoms. The van der Waals surface area contributed by atoms with Gasteiger partial charge in [0.15, 0.2) is 5.82 Å². The molecule has 0 spiro atoms. The Morgan fingerprint density at radius 2 is 1.66 bits per heavy atom. The standard InChI is InChI=1S/C44H58N4O4S/c1-6-8-30-15-16-31(12-9-28(30)3)32-17-19-33(20-18-32)35-24-45-40(46-25-35)34-13-10-29(11-14-34)23-37(42(50)48-26-36(27-48)43(51)52)47-41(49)38-21-22-39(53-38)44(4,5)7-2/h10-11,13-14,19,21-22,24-25,28,30-32,36-37H,6-9,12,15-18,20,23,26-27H2,1-5H3,(H,47,49)(H,51,52). The first kappa shape index (κ1) is 38.9. The van der Waals surface area contributed by atoms with Gasteiger partial charge in [0.1, 0.15) is 6.04 Å². The molecular formula is C44H58N4O4S. The minimum absolute atomic E-state index is 0.0459. The predicted molar refractivity (Wildman–Crippen MR) is 213 cm³/mol. The average Bonchev–Trinajstić information content (AvgIpc) is 3.59. The van der Waals surface area contributed by atoms with Crippen molar-refractivity contribution in [2.24, 2.45) is 29.6 Å². The van der Waals surface area contributed by atoms with Gasteiger partial charge in [-0.2, -0.15) is 0 Å². The fraction of sp³-hybridized carbons (Fsp3) is 0.568. The lowest BCUT2D eigenvalue weighted by Gasteiger charge is -2.38. The molecule has 2 amide bonds. The maximum absolute atomic E-state index is 13.6. The number of benzene rings is 1. The molecule has 8 nitrogen and oxygen atoms in total. The summed E-state index contributed by atoms with van der Waals surface area (Å²) in [5.41, 5.74) is 4.17. The van der Waals surface area contributed by atoms with Gasteiger partial charge in [0.05, 0.1) is 10.8 Å². The molecule has 2 N–H and O–H groups in total. The zero-order chi connectivity index (χ0) is 37.7. The van der Waals surface area contributed by atoms with Gasteiger partial charge < -0.3 is 15.3 Å². The highest BCUT2D eigenvalue weighted by Crippen LogP contribution is 2.42. The number of carbonyl (C=O) groups excluding carboxylic acids is 2. The van der Waals surface area contributed by atoms with Crippen LogP contribution in [0, 0.1) is 29.6 Å². The number of aliphatic carboxylic acids is 1. The summed E-state index contributed by atoms with van der Waals surface area (Å²) in [4.78, 5) is 51.1. The minimum Gasteiger partial charge on any atom is -0.481 e. The first-order valence-electron chi connectivity index (χ1n) is 20.0. The van der Waals surface area contributed by atoms with Crippen molar-refractivity contribution in [1.82, 2.24) is 20.2 Å². The van der Waals surface area contributed by atoms with E-state index in [2.05, 4.69) is 46.0 Å². The molecule has 53 heavy (non-hydrogen) atoms. The summed E-state index contributed by atoms with van der Waals surface area (Å²) in [5, 5.41) is 12.3. The van der Waals surface area contributed by atoms with Crippen LogP contribution in [0.3, 0.4) is 0 Å². The van der Waals surface area contributed by atoms with Crippen LogP contribution in [-0.2, 0) is 21.4 Å². The molecule has 2 aromatic heterocycles. The lowest BCUT2D eigenvalue weighted by atomic mass is 9.76. The second-order valence-electron chi connectivity index (χ2n) is 16.6. The highest BCUT2D eigenvalue weighted by molar-refractivity contribution is 7.14. The summed E-state index contributed by atoms with van der Waals surface area (Å²) in [5.74, 6) is 2.03. The number of aromatic nitrogens is 2. The van der Waals surface area contributed by atoms with Crippen molar-refractivity contribution in [2.45, 2.75) is 117 Å². The van der Waals surface area contributed by atoms with Crippen molar-refractivity contribution < 1.29 is 19.5 Å². The number of carboxylic acids is 1. The minimum atomic E-state index is -0.908. The fourth-order valence-electron chi connectivity index (χ4n) is 8.52. The van der Waals surface area contributed by atoms with Gasteiger partial charge in [-0.3, -0.25) is 14.4 Å². The quantitative estimate of drug-likeness (QED) is 0.169. The van der Waals surface area contributed by atoms with Crippen LogP contribution in [0.1, 0.15) is 125 Å². The molecule has 284 valence electrons. The number of rotatable bonds is 13. The molecular weight excluding hydrogens is 681 g/mol. The number of thiophene rings is 1. The van der Waals surface area contributed by atoms with Crippen LogP contribution in [0.2, 0.25) is 0 Å². The summed E-state index contributed by atoms with van der Waals surface area (Å²) in [6.45, 7) is 11.5. The van der Waals surface area contributed by atoms with Gasteiger partial charge >= 0.3 is 5.97 Å². The van der Waals surface area contributed by atoms with Gasteiger partial charge in [0.25, 0.3) is 5.91 Å². The van der Waals surface area contributed by atoms with Crippen LogP contribution in [0.25, 0.3) is 17.0 Å². The second kappa shape index (κ2) is 17.1. The molecule has 3 aliphatic rings. The van der Waals surface area contributed by atoms with Gasteiger partial charge in [-0.1, -0.05) is 84.2 Å². The van der Waals surface area contributed by atoms with Crippen molar-refractivity contribution in [1.29, 1.82) is 0 Å². The van der Waals surface area contributed by atoms with E-state index in [1.54, 1.807) is 0 Å². The van der Waals surface area contributed by atoms with E-state index in [4.69, 9.17) is 9.97 Å². The largest absolute Gasteiger partial charge is 0.481 e. The monoisotopic (exact) mass is 738 g/mol. The molecule has 2 fully saturated rings. The Labute approximate surface area is 319 Å². The summed E-state index contributed by atoms with van der Waals surface area (Å²) in [6, 6.07) is 10.8. The number of allylic oxidation sites excluding steroid dienone is 2. The van der Waals surface area contributed by atoms with E-state index >= 15 is 0 Å². The Hall–Kier alpha value is -3.85. The zero-order valence-corrected chi connectivity index (χ0v) is 33.1. The molecule has 2 aliphatic carbocycles. The first-order chi connectivity index (χ1) is 25.4. The fourth-order valence-corrected chi connectivity index (χ4v) is 9.60.